The molecule has 0 N–H and O–H groups in total. The summed E-state index contributed by atoms with van der Waals surface area (Å²) in [6.45, 7) is 9.02. The number of rotatable bonds is 3. The summed E-state index contributed by atoms with van der Waals surface area (Å²) in [7, 11) is 1.67. The standard InChI is InChI=1S/C20H23N5O2/c1-6-23-13(3)14(4)25-16-17(21-19(23)25)22(5)20(27)24(18(16)26)11-15-10-8-7-9-12(15)2/h7-10H,6,11H2,1-5H3. The van der Waals surface area contributed by atoms with Crippen LogP contribution in [0.4, 0.5) is 0 Å². The molecule has 4 rings (SSSR count). The number of nitrogens with zero attached hydrogens (tertiary/aromatic N) is 5. The van der Waals surface area contributed by atoms with E-state index in [1.165, 1.54) is 9.13 Å². The van der Waals surface area contributed by atoms with Gasteiger partial charge in [-0.15, -0.1) is 0 Å². The van der Waals surface area contributed by atoms with Crippen molar-refractivity contribution in [1.29, 1.82) is 0 Å². The number of hydrogen-bond donors (Lipinski definition) is 0. The van der Waals surface area contributed by atoms with E-state index >= 15 is 0 Å². The van der Waals surface area contributed by atoms with Crippen LogP contribution in [-0.4, -0.2) is 23.1 Å². The number of benzene rings is 1. The van der Waals surface area contributed by atoms with Crippen molar-refractivity contribution in [3.8, 4) is 0 Å². The van der Waals surface area contributed by atoms with Crippen molar-refractivity contribution in [3.63, 3.8) is 0 Å². The molecule has 0 aliphatic rings. The van der Waals surface area contributed by atoms with Crippen LogP contribution in [0.1, 0.15) is 29.4 Å². The fourth-order valence-corrected chi connectivity index (χ4v) is 3.79. The largest absolute Gasteiger partial charge is 0.332 e. The molecule has 7 nitrogen and oxygen atoms in total. The molecule has 0 bridgehead atoms. The van der Waals surface area contributed by atoms with Crippen LogP contribution in [0.3, 0.4) is 0 Å². The predicted octanol–water partition coefficient (Wildman–Crippen LogP) is 2.14. The van der Waals surface area contributed by atoms with Crippen molar-refractivity contribution < 1.29 is 0 Å². The van der Waals surface area contributed by atoms with Crippen LogP contribution in [0.2, 0.25) is 0 Å². The molecule has 0 saturated heterocycles. The Kier molecular flexibility index (Phi) is 3.83. The van der Waals surface area contributed by atoms with Crippen molar-refractivity contribution in [2.45, 2.75) is 40.8 Å². The van der Waals surface area contributed by atoms with Crippen molar-refractivity contribution >= 4 is 16.9 Å². The Morgan fingerprint density at radius 2 is 1.70 bits per heavy atom. The molecule has 0 saturated carbocycles. The van der Waals surface area contributed by atoms with Crippen LogP contribution in [0, 0.1) is 20.8 Å². The van der Waals surface area contributed by atoms with E-state index in [0.29, 0.717) is 16.9 Å². The first kappa shape index (κ1) is 17.3. The fourth-order valence-electron chi connectivity index (χ4n) is 3.79. The SMILES string of the molecule is CCn1c(C)c(C)n2c3c(=O)n(Cc4ccccc4C)c(=O)n(C)c3nc12. The monoisotopic (exact) mass is 365 g/mol. The third kappa shape index (κ3) is 2.31. The molecule has 0 amide bonds. The average Bonchev–Trinajstić information content (AvgIpc) is 3.14. The summed E-state index contributed by atoms with van der Waals surface area (Å²) in [4.78, 5) is 30.9. The van der Waals surface area contributed by atoms with Crippen LogP contribution in [0.5, 0.6) is 0 Å². The topological polar surface area (TPSA) is 66.2 Å². The maximum atomic E-state index is 13.3. The lowest BCUT2D eigenvalue weighted by atomic mass is 10.1. The van der Waals surface area contributed by atoms with Crippen molar-refractivity contribution in [1.82, 2.24) is 23.1 Å². The van der Waals surface area contributed by atoms with E-state index in [1.807, 2.05) is 56.4 Å². The van der Waals surface area contributed by atoms with Gasteiger partial charge in [0.15, 0.2) is 11.2 Å². The molecule has 0 aliphatic heterocycles. The van der Waals surface area contributed by atoms with Gasteiger partial charge in [0.25, 0.3) is 5.56 Å². The molecule has 0 fully saturated rings. The molecular formula is C20H23N5O2. The molecule has 4 aromatic rings. The summed E-state index contributed by atoms with van der Waals surface area (Å²) in [6.07, 6.45) is 0. The van der Waals surface area contributed by atoms with Gasteiger partial charge < -0.3 is 4.57 Å². The van der Waals surface area contributed by atoms with Crippen molar-refractivity contribution in [2.75, 3.05) is 0 Å². The Balaban J connectivity index is 2.10. The number of aromatic nitrogens is 5. The molecule has 27 heavy (non-hydrogen) atoms. The van der Waals surface area contributed by atoms with E-state index in [2.05, 4.69) is 9.55 Å². The normalized spacial score (nSPS) is 11.7. The molecule has 3 aromatic heterocycles. The fraction of sp³-hybridized carbons (Fsp3) is 0.350. The van der Waals surface area contributed by atoms with E-state index in [1.54, 1.807) is 7.05 Å². The zero-order valence-electron chi connectivity index (χ0n) is 16.3. The lowest BCUT2D eigenvalue weighted by Gasteiger charge is -2.10. The zero-order chi connectivity index (χ0) is 19.5. The van der Waals surface area contributed by atoms with Gasteiger partial charge >= 0.3 is 5.69 Å². The molecule has 3 heterocycles. The smallest absolute Gasteiger partial charge is 0.314 e. The van der Waals surface area contributed by atoms with E-state index in [-0.39, 0.29) is 17.8 Å². The highest BCUT2D eigenvalue weighted by molar-refractivity contribution is 5.76. The highest BCUT2D eigenvalue weighted by Crippen LogP contribution is 2.20. The maximum Gasteiger partial charge on any atom is 0.332 e. The molecule has 7 heteroatoms. The number of hydrogen-bond acceptors (Lipinski definition) is 3. The second-order valence-corrected chi connectivity index (χ2v) is 6.99. The van der Waals surface area contributed by atoms with E-state index in [0.717, 1.165) is 29.1 Å². The Bertz CT molecular complexity index is 1320. The molecule has 0 unspecified atom stereocenters. The summed E-state index contributed by atoms with van der Waals surface area (Å²) in [5.41, 5.74) is 4.26. The summed E-state index contributed by atoms with van der Waals surface area (Å²) in [5, 5.41) is 0. The van der Waals surface area contributed by atoms with E-state index in [4.69, 9.17) is 0 Å². The van der Waals surface area contributed by atoms with Gasteiger partial charge in [0.1, 0.15) is 0 Å². The van der Waals surface area contributed by atoms with Gasteiger partial charge in [-0.2, -0.15) is 4.98 Å². The second kappa shape index (κ2) is 5.97. The molecule has 140 valence electrons. The van der Waals surface area contributed by atoms with Crippen LogP contribution in [-0.2, 0) is 20.1 Å². The summed E-state index contributed by atoms with van der Waals surface area (Å²) in [5.74, 6) is 0.697. The Morgan fingerprint density at radius 1 is 1.00 bits per heavy atom. The van der Waals surface area contributed by atoms with Gasteiger partial charge in [-0.3, -0.25) is 18.3 Å². The van der Waals surface area contributed by atoms with Gasteiger partial charge in [-0.1, -0.05) is 24.3 Å². The summed E-state index contributed by atoms with van der Waals surface area (Å²) >= 11 is 0. The molecule has 1 aromatic carbocycles. The van der Waals surface area contributed by atoms with Gasteiger partial charge in [0, 0.05) is 25.0 Å². The minimum Gasteiger partial charge on any atom is -0.314 e. The molecular weight excluding hydrogens is 342 g/mol. The first-order chi connectivity index (χ1) is 12.9. The molecule has 0 radical (unpaired) electrons. The van der Waals surface area contributed by atoms with Gasteiger partial charge in [0.2, 0.25) is 5.78 Å². The third-order valence-electron chi connectivity index (χ3n) is 5.54. The quantitative estimate of drug-likeness (QED) is 0.559. The average molecular weight is 365 g/mol. The Morgan fingerprint density at radius 3 is 2.37 bits per heavy atom. The predicted molar refractivity (Wildman–Crippen MR) is 106 cm³/mol. The maximum absolute atomic E-state index is 13.3. The molecule has 0 atom stereocenters. The van der Waals surface area contributed by atoms with Gasteiger partial charge in [-0.05, 0) is 38.8 Å². The van der Waals surface area contributed by atoms with E-state index < -0.39 is 0 Å². The first-order valence-electron chi connectivity index (χ1n) is 9.09. The van der Waals surface area contributed by atoms with E-state index in [9.17, 15) is 9.59 Å². The van der Waals surface area contributed by atoms with Gasteiger partial charge in [-0.25, -0.2) is 4.79 Å². The zero-order valence-corrected chi connectivity index (χ0v) is 16.3. The number of imidazole rings is 2. The number of aryl methyl sites for hydroxylation is 4. The van der Waals surface area contributed by atoms with Crippen LogP contribution >= 0.6 is 0 Å². The number of fused-ring (bicyclic) bond motifs is 3. The van der Waals surface area contributed by atoms with Gasteiger partial charge in [0.05, 0.1) is 6.54 Å². The second-order valence-electron chi connectivity index (χ2n) is 6.99. The Hall–Kier alpha value is -3.09. The third-order valence-corrected chi connectivity index (χ3v) is 5.54. The summed E-state index contributed by atoms with van der Waals surface area (Å²) in [6, 6.07) is 7.79. The van der Waals surface area contributed by atoms with Crippen LogP contribution in [0.25, 0.3) is 16.9 Å². The summed E-state index contributed by atoms with van der Waals surface area (Å²) < 4.78 is 6.71. The lowest BCUT2D eigenvalue weighted by Crippen LogP contribution is -2.39. The highest BCUT2D eigenvalue weighted by atomic mass is 16.2. The van der Waals surface area contributed by atoms with Crippen molar-refractivity contribution in [2.24, 2.45) is 7.05 Å². The van der Waals surface area contributed by atoms with Crippen LogP contribution in [0.15, 0.2) is 33.9 Å². The van der Waals surface area contributed by atoms with Crippen molar-refractivity contribution in [3.05, 3.63) is 67.6 Å². The van der Waals surface area contributed by atoms with Crippen LogP contribution < -0.4 is 11.2 Å². The minimum atomic E-state index is -0.353. The molecule has 0 aliphatic carbocycles. The highest BCUT2D eigenvalue weighted by Gasteiger charge is 2.22. The Labute approximate surface area is 156 Å². The lowest BCUT2D eigenvalue weighted by molar-refractivity contribution is 0.654. The first-order valence-corrected chi connectivity index (χ1v) is 9.09. The molecule has 0 spiro atoms. The minimum absolute atomic E-state index is 0.244.